The minimum atomic E-state index is -3.68. The van der Waals surface area contributed by atoms with E-state index in [-0.39, 0.29) is 23.2 Å². The highest BCUT2D eigenvalue weighted by Crippen LogP contribution is 2.27. The van der Waals surface area contributed by atoms with Gasteiger partial charge >= 0.3 is 0 Å². The van der Waals surface area contributed by atoms with Crippen molar-refractivity contribution in [2.45, 2.75) is 51.2 Å². The van der Waals surface area contributed by atoms with Gasteiger partial charge in [0, 0.05) is 25.4 Å². The first-order chi connectivity index (χ1) is 13.2. The number of rotatable bonds is 6. The number of aryl methyl sites for hydroxylation is 2. The maximum absolute atomic E-state index is 13.2. The van der Waals surface area contributed by atoms with Gasteiger partial charge in [-0.05, 0) is 39.7 Å². The summed E-state index contributed by atoms with van der Waals surface area (Å²) >= 11 is 0. The van der Waals surface area contributed by atoms with Gasteiger partial charge in [-0.15, -0.1) is 0 Å². The van der Waals surface area contributed by atoms with Crippen molar-refractivity contribution in [1.29, 1.82) is 0 Å². The fourth-order valence-corrected chi connectivity index (χ4v) is 5.40. The largest absolute Gasteiger partial charge is 0.489 e. The van der Waals surface area contributed by atoms with Gasteiger partial charge in [-0.2, -0.15) is 9.40 Å². The van der Waals surface area contributed by atoms with E-state index >= 15 is 0 Å². The Bertz CT molecular complexity index is 986. The van der Waals surface area contributed by atoms with E-state index in [1.807, 2.05) is 6.92 Å². The van der Waals surface area contributed by atoms with E-state index in [0.29, 0.717) is 43.1 Å². The van der Waals surface area contributed by atoms with Crippen LogP contribution < -0.4 is 10.5 Å². The molecule has 3 heterocycles. The Kier molecular flexibility index (Phi) is 5.71. The van der Waals surface area contributed by atoms with Crippen LogP contribution >= 0.6 is 0 Å². The smallest absolute Gasteiger partial charge is 0.267 e. The molecule has 9 nitrogen and oxygen atoms in total. The maximum atomic E-state index is 13.2. The zero-order valence-electron chi connectivity index (χ0n) is 16.3. The van der Waals surface area contributed by atoms with E-state index in [0.717, 1.165) is 0 Å². The van der Waals surface area contributed by atoms with Crippen molar-refractivity contribution in [3.8, 4) is 5.75 Å². The first-order valence-corrected chi connectivity index (χ1v) is 10.6. The summed E-state index contributed by atoms with van der Waals surface area (Å²) in [6.07, 6.45) is 2.51. The van der Waals surface area contributed by atoms with E-state index in [1.165, 1.54) is 16.6 Å². The molecular weight excluding hydrogens is 382 g/mol. The Balaban J connectivity index is 1.80. The van der Waals surface area contributed by atoms with Gasteiger partial charge in [0.25, 0.3) is 5.91 Å². The monoisotopic (exact) mass is 407 g/mol. The number of amides is 1. The number of carbonyl (C=O) groups is 1. The average molecular weight is 407 g/mol. The molecule has 1 aliphatic heterocycles. The van der Waals surface area contributed by atoms with E-state index in [2.05, 4.69) is 10.1 Å². The second-order valence-corrected chi connectivity index (χ2v) is 8.68. The molecular formula is C18H25N5O4S. The van der Waals surface area contributed by atoms with Gasteiger partial charge in [0.05, 0.1) is 17.9 Å². The molecule has 0 bridgehead atoms. The molecule has 1 aliphatic rings. The van der Waals surface area contributed by atoms with Gasteiger partial charge in [0.2, 0.25) is 10.0 Å². The molecule has 0 saturated carbocycles. The standard InChI is InChI=1S/C18H25N5O4S/c1-4-23-13(3)17(12(2)21-23)28(25,26)22-9-5-6-15(11-22)27-14-7-8-20-16(10-14)18(19)24/h7-8,10,15H,4-6,9,11H2,1-3H3,(H2,19,24). The Morgan fingerprint density at radius 2 is 2.14 bits per heavy atom. The molecule has 2 aromatic heterocycles. The minimum Gasteiger partial charge on any atom is -0.489 e. The highest BCUT2D eigenvalue weighted by Gasteiger charge is 2.35. The van der Waals surface area contributed by atoms with Gasteiger partial charge in [-0.25, -0.2) is 8.42 Å². The summed E-state index contributed by atoms with van der Waals surface area (Å²) in [6.45, 7) is 6.69. The number of sulfonamides is 1. The third-order valence-corrected chi connectivity index (χ3v) is 6.96. The van der Waals surface area contributed by atoms with Crippen LogP contribution in [0.2, 0.25) is 0 Å². The van der Waals surface area contributed by atoms with E-state index in [9.17, 15) is 13.2 Å². The lowest BCUT2D eigenvalue weighted by Crippen LogP contribution is -2.44. The minimum absolute atomic E-state index is 0.107. The Labute approximate surface area is 164 Å². The lowest BCUT2D eigenvalue weighted by atomic mass is 10.1. The van der Waals surface area contributed by atoms with Crippen LogP contribution in [0.1, 0.15) is 41.6 Å². The van der Waals surface area contributed by atoms with Gasteiger partial charge in [0.15, 0.2) is 0 Å². The van der Waals surface area contributed by atoms with Crippen molar-refractivity contribution in [3.05, 3.63) is 35.4 Å². The molecule has 10 heteroatoms. The maximum Gasteiger partial charge on any atom is 0.267 e. The first-order valence-electron chi connectivity index (χ1n) is 9.20. The quantitative estimate of drug-likeness (QED) is 0.769. The molecule has 0 aromatic carbocycles. The predicted molar refractivity (Wildman–Crippen MR) is 103 cm³/mol. The number of nitrogens with zero attached hydrogens (tertiary/aromatic N) is 4. The fourth-order valence-electron chi connectivity index (χ4n) is 3.52. The molecule has 0 aliphatic carbocycles. The zero-order chi connectivity index (χ0) is 20.5. The van der Waals surface area contributed by atoms with E-state index < -0.39 is 15.9 Å². The number of hydrogen-bond acceptors (Lipinski definition) is 6. The van der Waals surface area contributed by atoms with Crippen molar-refractivity contribution < 1.29 is 17.9 Å². The third kappa shape index (κ3) is 3.88. The highest BCUT2D eigenvalue weighted by molar-refractivity contribution is 7.89. The molecule has 1 unspecified atom stereocenters. The van der Waals surface area contributed by atoms with E-state index in [1.54, 1.807) is 24.6 Å². The number of nitrogens with two attached hydrogens (primary N) is 1. The van der Waals surface area contributed by atoms with Crippen LogP contribution in [0.4, 0.5) is 0 Å². The van der Waals surface area contributed by atoms with E-state index in [4.69, 9.17) is 10.5 Å². The summed E-state index contributed by atoms with van der Waals surface area (Å²) in [5, 5.41) is 4.33. The summed E-state index contributed by atoms with van der Waals surface area (Å²) in [7, 11) is -3.68. The molecule has 1 atom stereocenters. The molecule has 152 valence electrons. The molecule has 1 fully saturated rings. The first kappa shape index (κ1) is 20.3. The zero-order valence-corrected chi connectivity index (χ0v) is 17.1. The second-order valence-electron chi connectivity index (χ2n) is 6.80. The topological polar surface area (TPSA) is 120 Å². The Morgan fingerprint density at radius 3 is 2.79 bits per heavy atom. The lowest BCUT2D eigenvalue weighted by Gasteiger charge is -2.32. The average Bonchev–Trinajstić information content (AvgIpc) is 2.96. The summed E-state index contributed by atoms with van der Waals surface area (Å²) in [4.78, 5) is 15.4. The summed E-state index contributed by atoms with van der Waals surface area (Å²) in [5.41, 5.74) is 6.50. The van der Waals surface area contributed by atoms with Crippen molar-refractivity contribution in [1.82, 2.24) is 19.1 Å². The molecule has 2 aromatic rings. The molecule has 2 N–H and O–H groups in total. The molecule has 1 amide bonds. The number of aromatic nitrogens is 3. The van der Waals surface area contributed by atoms with Gasteiger partial charge in [-0.1, -0.05) is 0 Å². The number of carbonyl (C=O) groups excluding carboxylic acids is 1. The molecule has 0 spiro atoms. The fraction of sp³-hybridized carbons (Fsp3) is 0.500. The molecule has 1 saturated heterocycles. The SMILES string of the molecule is CCn1nc(C)c(S(=O)(=O)N2CCCC(Oc3ccnc(C(N)=O)c3)C2)c1C. The Hall–Kier alpha value is -2.46. The lowest BCUT2D eigenvalue weighted by molar-refractivity contribution is 0.0993. The molecule has 28 heavy (non-hydrogen) atoms. The number of ether oxygens (including phenoxy) is 1. The van der Waals surface area contributed by atoms with Crippen molar-refractivity contribution in [2.24, 2.45) is 5.73 Å². The van der Waals surface area contributed by atoms with Gasteiger partial charge < -0.3 is 10.5 Å². The van der Waals surface area contributed by atoms with Gasteiger partial charge in [-0.3, -0.25) is 14.5 Å². The number of pyridine rings is 1. The van der Waals surface area contributed by atoms with Crippen LogP contribution in [0.5, 0.6) is 5.75 Å². The number of primary amides is 1. The van der Waals surface area contributed by atoms with Crippen molar-refractivity contribution >= 4 is 15.9 Å². The molecule has 3 rings (SSSR count). The predicted octanol–water partition coefficient (Wildman–Crippen LogP) is 1.25. The third-order valence-electron chi connectivity index (χ3n) is 4.84. The van der Waals surface area contributed by atoms with Crippen LogP contribution in [-0.4, -0.2) is 52.6 Å². The van der Waals surface area contributed by atoms with Gasteiger partial charge in [0.1, 0.15) is 22.4 Å². The van der Waals surface area contributed by atoms with Crippen molar-refractivity contribution in [3.63, 3.8) is 0 Å². The number of piperidine rings is 1. The normalized spacial score (nSPS) is 18.2. The van der Waals surface area contributed by atoms with Crippen molar-refractivity contribution in [2.75, 3.05) is 13.1 Å². The Morgan fingerprint density at radius 1 is 1.39 bits per heavy atom. The van der Waals surface area contributed by atoms with Crippen LogP contribution in [0.3, 0.4) is 0 Å². The summed E-state index contributed by atoms with van der Waals surface area (Å²) in [6, 6.07) is 3.09. The summed E-state index contributed by atoms with van der Waals surface area (Å²) in [5.74, 6) is -0.198. The highest BCUT2D eigenvalue weighted by atomic mass is 32.2. The summed E-state index contributed by atoms with van der Waals surface area (Å²) < 4.78 is 35.6. The van der Waals surface area contributed by atoms with Crippen LogP contribution in [0.25, 0.3) is 0 Å². The second kappa shape index (κ2) is 7.88. The molecule has 0 radical (unpaired) electrons. The van der Waals surface area contributed by atoms with Crippen LogP contribution in [0.15, 0.2) is 23.2 Å². The number of hydrogen-bond donors (Lipinski definition) is 1. The van der Waals surface area contributed by atoms with Crippen LogP contribution in [-0.2, 0) is 16.6 Å². The van der Waals surface area contributed by atoms with Crippen LogP contribution in [0, 0.1) is 13.8 Å².